The van der Waals surface area contributed by atoms with E-state index in [0.29, 0.717) is 0 Å². The maximum atomic E-state index is 4.71. The van der Waals surface area contributed by atoms with Crippen LogP contribution in [0.4, 0.5) is 5.82 Å². The maximum Gasteiger partial charge on any atom is 0.128 e. The van der Waals surface area contributed by atoms with Gasteiger partial charge in [-0.2, -0.15) is 10.2 Å². The number of rotatable bonds is 3. The summed E-state index contributed by atoms with van der Waals surface area (Å²) >= 11 is 0. The van der Waals surface area contributed by atoms with E-state index in [1.807, 2.05) is 19.3 Å². The van der Waals surface area contributed by atoms with Gasteiger partial charge in [0.05, 0.1) is 17.6 Å². The van der Waals surface area contributed by atoms with Crippen LogP contribution >= 0.6 is 0 Å². The molecule has 0 unspecified atom stereocenters. The quantitative estimate of drug-likeness (QED) is 0.563. The van der Waals surface area contributed by atoms with Gasteiger partial charge < -0.3 is 15.2 Å². The van der Waals surface area contributed by atoms with Crippen LogP contribution in [0.15, 0.2) is 48.8 Å². The molecule has 1 aromatic carbocycles. The predicted octanol–water partition coefficient (Wildman–Crippen LogP) is 3.71. The lowest BCUT2D eigenvalue weighted by molar-refractivity contribution is 0.585. The SMILES string of the molecule is Cc1cc(-c2[nH]c3cc(-c4ccc(N5CCNCC5)nc4)ccc3c2C)cnn1. The zero-order valence-electron chi connectivity index (χ0n) is 16.7. The van der Waals surface area contributed by atoms with Gasteiger partial charge in [-0.1, -0.05) is 12.1 Å². The number of nitrogens with zero attached hydrogens (tertiary/aromatic N) is 4. The molecule has 4 heterocycles. The lowest BCUT2D eigenvalue weighted by atomic mass is 10.0. The summed E-state index contributed by atoms with van der Waals surface area (Å²) in [5.41, 5.74) is 7.71. The standard InChI is InChI=1S/C23H24N6/c1-15-11-19(14-26-28-15)23-16(2)20-5-3-17(12-21(20)27-23)18-4-6-22(25-13-18)29-9-7-24-8-10-29/h3-6,11-14,24,27H,7-10H2,1-2H3. The van der Waals surface area contributed by atoms with E-state index in [9.17, 15) is 0 Å². The molecule has 0 spiro atoms. The molecule has 0 atom stereocenters. The van der Waals surface area contributed by atoms with E-state index >= 15 is 0 Å². The van der Waals surface area contributed by atoms with E-state index in [0.717, 1.165) is 65.6 Å². The molecule has 0 bridgehead atoms. The van der Waals surface area contributed by atoms with Gasteiger partial charge in [-0.15, -0.1) is 0 Å². The van der Waals surface area contributed by atoms with Crippen molar-refractivity contribution >= 4 is 16.7 Å². The molecule has 1 aliphatic rings. The minimum Gasteiger partial charge on any atom is -0.354 e. The van der Waals surface area contributed by atoms with Gasteiger partial charge in [0.1, 0.15) is 5.82 Å². The molecule has 5 rings (SSSR count). The van der Waals surface area contributed by atoms with E-state index in [1.165, 1.54) is 10.9 Å². The zero-order valence-corrected chi connectivity index (χ0v) is 16.7. The van der Waals surface area contributed by atoms with Gasteiger partial charge in [0.15, 0.2) is 0 Å². The summed E-state index contributed by atoms with van der Waals surface area (Å²) in [4.78, 5) is 10.6. The Kier molecular flexibility index (Phi) is 4.48. The summed E-state index contributed by atoms with van der Waals surface area (Å²) in [6, 6.07) is 12.9. The Labute approximate surface area is 170 Å². The van der Waals surface area contributed by atoms with Crippen LogP contribution < -0.4 is 10.2 Å². The van der Waals surface area contributed by atoms with E-state index < -0.39 is 0 Å². The summed E-state index contributed by atoms with van der Waals surface area (Å²) in [6.45, 7) is 8.15. The molecule has 3 aromatic heterocycles. The molecule has 0 saturated carbocycles. The number of anilines is 1. The van der Waals surface area contributed by atoms with Crippen molar-refractivity contribution in [2.45, 2.75) is 13.8 Å². The molecule has 0 radical (unpaired) electrons. The van der Waals surface area contributed by atoms with Crippen molar-refractivity contribution in [2.75, 3.05) is 31.1 Å². The molecule has 4 aromatic rings. The maximum absolute atomic E-state index is 4.71. The Balaban J connectivity index is 1.48. The first-order valence-electron chi connectivity index (χ1n) is 10.0. The highest BCUT2D eigenvalue weighted by Crippen LogP contribution is 2.32. The molecule has 0 aliphatic carbocycles. The number of benzene rings is 1. The first-order valence-corrected chi connectivity index (χ1v) is 10.0. The third-order valence-electron chi connectivity index (χ3n) is 5.65. The summed E-state index contributed by atoms with van der Waals surface area (Å²) in [5.74, 6) is 1.05. The number of H-pyrrole nitrogens is 1. The smallest absolute Gasteiger partial charge is 0.128 e. The number of hydrogen-bond donors (Lipinski definition) is 2. The Morgan fingerprint density at radius 2 is 1.72 bits per heavy atom. The normalized spacial score (nSPS) is 14.5. The molecule has 6 nitrogen and oxygen atoms in total. The van der Waals surface area contributed by atoms with Crippen LogP contribution in [0.1, 0.15) is 11.3 Å². The summed E-state index contributed by atoms with van der Waals surface area (Å²) in [5, 5.41) is 12.8. The van der Waals surface area contributed by atoms with Crippen molar-refractivity contribution in [1.82, 2.24) is 25.5 Å². The third kappa shape index (κ3) is 3.36. The Hall–Kier alpha value is -3.25. The molecule has 2 N–H and O–H groups in total. The fourth-order valence-electron chi connectivity index (χ4n) is 4.05. The molecular weight excluding hydrogens is 360 g/mol. The largest absolute Gasteiger partial charge is 0.354 e. The molecule has 6 heteroatoms. The number of pyridine rings is 1. The van der Waals surface area contributed by atoms with Crippen molar-refractivity contribution in [3.63, 3.8) is 0 Å². The number of aromatic amines is 1. The van der Waals surface area contributed by atoms with Crippen LogP contribution in [0.25, 0.3) is 33.3 Å². The third-order valence-corrected chi connectivity index (χ3v) is 5.65. The van der Waals surface area contributed by atoms with Gasteiger partial charge >= 0.3 is 0 Å². The first kappa shape index (κ1) is 17.8. The second-order valence-electron chi connectivity index (χ2n) is 7.61. The number of piperazine rings is 1. The van der Waals surface area contributed by atoms with Crippen molar-refractivity contribution in [3.8, 4) is 22.4 Å². The van der Waals surface area contributed by atoms with Crippen LogP contribution in [-0.4, -0.2) is 46.3 Å². The van der Waals surface area contributed by atoms with Crippen LogP contribution in [0.3, 0.4) is 0 Å². The lowest BCUT2D eigenvalue weighted by Crippen LogP contribution is -2.43. The molecule has 146 valence electrons. The summed E-state index contributed by atoms with van der Waals surface area (Å²) in [7, 11) is 0. The fraction of sp³-hybridized carbons (Fsp3) is 0.261. The topological polar surface area (TPSA) is 69.7 Å². The minimum atomic E-state index is 0.914. The molecule has 0 amide bonds. The van der Waals surface area contributed by atoms with Crippen molar-refractivity contribution < 1.29 is 0 Å². The highest BCUT2D eigenvalue weighted by atomic mass is 15.2. The molecular formula is C23H24N6. The number of hydrogen-bond acceptors (Lipinski definition) is 5. The van der Waals surface area contributed by atoms with Gasteiger partial charge in [-0.25, -0.2) is 4.98 Å². The number of aromatic nitrogens is 4. The second kappa shape index (κ2) is 7.29. The number of aryl methyl sites for hydroxylation is 2. The Morgan fingerprint density at radius 3 is 2.48 bits per heavy atom. The van der Waals surface area contributed by atoms with Gasteiger partial charge in [-0.05, 0) is 49.2 Å². The second-order valence-corrected chi connectivity index (χ2v) is 7.61. The molecule has 29 heavy (non-hydrogen) atoms. The van der Waals surface area contributed by atoms with E-state index in [2.05, 4.69) is 68.7 Å². The van der Waals surface area contributed by atoms with Gasteiger partial charge in [-0.3, -0.25) is 0 Å². The summed E-state index contributed by atoms with van der Waals surface area (Å²) in [6.07, 6.45) is 3.79. The average molecular weight is 384 g/mol. The van der Waals surface area contributed by atoms with Crippen molar-refractivity contribution in [2.24, 2.45) is 0 Å². The van der Waals surface area contributed by atoms with Crippen LogP contribution in [-0.2, 0) is 0 Å². The van der Waals surface area contributed by atoms with Gasteiger partial charge in [0.2, 0.25) is 0 Å². The van der Waals surface area contributed by atoms with Crippen LogP contribution in [0.5, 0.6) is 0 Å². The Bertz CT molecular complexity index is 1160. The van der Waals surface area contributed by atoms with Crippen LogP contribution in [0.2, 0.25) is 0 Å². The first-order chi connectivity index (χ1) is 14.2. The van der Waals surface area contributed by atoms with Crippen LogP contribution in [0, 0.1) is 13.8 Å². The van der Waals surface area contributed by atoms with Crippen molar-refractivity contribution in [3.05, 3.63) is 60.0 Å². The van der Waals surface area contributed by atoms with Crippen molar-refractivity contribution in [1.29, 1.82) is 0 Å². The van der Waals surface area contributed by atoms with E-state index in [-0.39, 0.29) is 0 Å². The number of nitrogens with one attached hydrogen (secondary N) is 2. The summed E-state index contributed by atoms with van der Waals surface area (Å²) < 4.78 is 0. The molecule has 1 aliphatic heterocycles. The van der Waals surface area contributed by atoms with Gasteiger partial charge in [0.25, 0.3) is 0 Å². The molecule has 1 fully saturated rings. The highest BCUT2D eigenvalue weighted by Gasteiger charge is 2.13. The number of fused-ring (bicyclic) bond motifs is 1. The van der Waals surface area contributed by atoms with E-state index in [1.54, 1.807) is 0 Å². The Morgan fingerprint density at radius 1 is 0.897 bits per heavy atom. The minimum absolute atomic E-state index is 0.914. The zero-order chi connectivity index (χ0) is 19.8. The monoisotopic (exact) mass is 384 g/mol. The molecule has 1 saturated heterocycles. The fourth-order valence-corrected chi connectivity index (χ4v) is 4.05. The van der Waals surface area contributed by atoms with Gasteiger partial charge in [0, 0.05) is 54.4 Å². The highest BCUT2D eigenvalue weighted by molar-refractivity contribution is 5.93. The predicted molar refractivity (Wildman–Crippen MR) is 117 cm³/mol. The average Bonchev–Trinajstić information content (AvgIpc) is 3.10. The van der Waals surface area contributed by atoms with E-state index in [4.69, 9.17) is 4.98 Å². The lowest BCUT2D eigenvalue weighted by Gasteiger charge is -2.28.